The van der Waals surface area contributed by atoms with E-state index in [-0.39, 0.29) is 35.9 Å². The molecule has 2 heterocycles. The smallest absolute Gasteiger partial charge is 0.270 e. The fourth-order valence-corrected chi connectivity index (χ4v) is 3.07. The number of non-ortho nitro benzene ring substituents is 1. The third-order valence-electron chi connectivity index (χ3n) is 4.67. The standard InChI is InChI=1S/C17H22N4O3.2ClH/c1-17(11-18)6-8-20(12-17)7-5-16-19-10-15(24-16)13-3-2-4-14(9-13)21(22)23;;/h2-4,9-10H,5-8,11-12,18H2,1H3;2*1H. The number of nitrogens with two attached hydrogens (primary N) is 1. The first-order chi connectivity index (χ1) is 11.5. The summed E-state index contributed by atoms with van der Waals surface area (Å²) in [4.78, 5) is 17.1. The molecule has 1 atom stereocenters. The molecule has 0 saturated carbocycles. The van der Waals surface area contributed by atoms with Crippen molar-refractivity contribution < 1.29 is 9.34 Å². The van der Waals surface area contributed by atoms with Crippen LogP contribution in [0.2, 0.25) is 0 Å². The summed E-state index contributed by atoms with van der Waals surface area (Å²) in [6.07, 6.45) is 3.46. The van der Waals surface area contributed by atoms with E-state index in [4.69, 9.17) is 10.2 Å². The van der Waals surface area contributed by atoms with Crippen molar-refractivity contribution in [1.29, 1.82) is 0 Å². The van der Waals surface area contributed by atoms with Gasteiger partial charge >= 0.3 is 0 Å². The molecule has 1 unspecified atom stereocenters. The molecular weight excluding hydrogens is 379 g/mol. The van der Waals surface area contributed by atoms with E-state index in [0.29, 0.717) is 23.8 Å². The Morgan fingerprint density at radius 2 is 2.19 bits per heavy atom. The van der Waals surface area contributed by atoms with Crippen LogP contribution in [0.15, 0.2) is 34.9 Å². The molecule has 0 spiro atoms. The van der Waals surface area contributed by atoms with Gasteiger partial charge in [0.1, 0.15) is 0 Å². The monoisotopic (exact) mass is 402 g/mol. The van der Waals surface area contributed by atoms with Gasteiger partial charge in [0.15, 0.2) is 11.7 Å². The van der Waals surface area contributed by atoms with Crippen LogP contribution in [-0.2, 0) is 6.42 Å². The van der Waals surface area contributed by atoms with Crippen LogP contribution in [0, 0.1) is 15.5 Å². The van der Waals surface area contributed by atoms with Gasteiger partial charge in [-0.25, -0.2) is 4.98 Å². The first-order valence-electron chi connectivity index (χ1n) is 8.11. The number of nitro benzene ring substituents is 1. The van der Waals surface area contributed by atoms with Gasteiger partial charge in [0.05, 0.1) is 11.1 Å². The average molecular weight is 403 g/mol. The molecule has 7 nitrogen and oxygen atoms in total. The third kappa shape index (κ3) is 5.17. The summed E-state index contributed by atoms with van der Waals surface area (Å²) in [5.41, 5.74) is 6.76. The molecule has 1 aliphatic heterocycles. The van der Waals surface area contributed by atoms with Crippen molar-refractivity contribution in [2.45, 2.75) is 19.8 Å². The van der Waals surface area contributed by atoms with E-state index in [0.717, 1.165) is 32.5 Å². The topological polar surface area (TPSA) is 98.4 Å². The van der Waals surface area contributed by atoms with Crippen LogP contribution in [-0.4, -0.2) is 41.0 Å². The Morgan fingerprint density at radius 3 is 2.85 bits per heavy atom. The van der Waals surface area contributed by atoms with Crippen LogP contribution >= 0.6 is 24.8 Å². The lowest BCUT2D eigenvalue weighted by molar-refractivity contribution is -0.384. The summed E-state index contributed by atoms with van der Waals surface area (Å²) in [7, 11) is 0. The summed E-state index contributed by atoms with van der Waals surface area (Å²) < 4.78 is 5.76. The zero-order valence-electron chi connectivity index (χ0n) is 14.6. The van der Waals surface area contributed by atoms with Gasteiger partial charge in [0.25, 0.3) is 5.69 Å². The van der Waals surface area contributed by atoms with E-state index in [1.54, 1.807) is 18.3 Å². The van der Waals surface area contributed by atoms with Gasteiger partial charge in [0.2, 0.25) is 0 Å². The Hall–Kier alpha value is -1.67. The Bertz CT molecular complexity index is 740. The molecule has 1 saturated heterocycles. The number of oxazole rings is 1. The molecule has 2 aromatic rings. The summed E-state index contributed by atoms with van der Waals surface area (Å²) in [5.74, 6) is 1.21. The number of benzene rings is 1. The fraction of sp³-hybridized carbons (Fsp3) is 0.471. The molecule has 0 radical (unpaired) electrons. The maximum atomic E-state index is 10.9. The minimum atomic E-state index is -0.414. The highest BCUT2D eigenvalue weighted by Gasteiger charge is 2.32. The van der Waals surface area contributed by atoms with Crippen LogP contribution < -0.4 is 5.73 Å². The summed E-state index contributed by atoms with van der Waals surface area (Å²) >= 11 is 0. The predicted octanol–water partition coefficient (Wildman–Crippen LogP) is 3.31. The maximum absolute atomic E-state index is 10.9. The van der Waals surface area contributed by atoms with E-state index in [9.17, 15) is 10.1 Å². The van der Waals surface area contributed by atoms with Crippen molar-refractivity contribution in [3.05, 3.63) is 46.5 Å². The molecule has 2 N–H and O–H groups in total. The second-order valence-corrected chi connectivity index (χ2v) is 6.72. The number of hydrogen-bond acceptors (Lipinski definition) is 6. The second-order valence-electron chi connectivity index (χ2n) is 6.72. The highest BCUT2D eigenvalue weighted by Crippen LogP contribution is 2.29. The number of aromatic nitrogens is 1. The van der Waals surface area contributed by atoms with E-state index < -0.39 is 4.92 Å². The van der Waals surface area contributed by atoms with Crippen molar-refractivity contribution in [2.75, 3.05) is 26.2 Å². The average Bonchev–Trinajstić information content (AvgIpc) is 3.20. The number of nitrogens with zero attached hydrogens (tertiary/aromatic N) is 3. The second kappa shape index (κ2) is 9.32. The van der Waals surface area contributed by atoms with E-state index in [2.05, 4.69) is 16.8 Å². The van der Waals surface area contributed by atoms with Crippen LogP contribution in [0.4, 0.5) is 5.69 Å². The molecule has 3 rings (SSSR count). The van der Waals surface area contributed by atoms with E-state index in [1.807, 2.05) is 0 Å². The molecule has 0 bridgehead atoms. The molecule has 26 heavy (non-hydrogen) atoms. The molecule has 144 valence electrons. The van der Waals surface area contributed by atoms with Gasteiger partial charge in [0, 0.05) is 37.2 Å². The highest BCUT2D eigenvalue weighted by atomic mass is 35.5. The van der Waals surface area contributed by atoms with Gasteiger partial charge in [-0.05, 0) is 24.9 Å². The zero-order chi connectivity index (χ0) is 17.2. The van der Waals surface area contributed by atoms with Crippen molar-refractivity contribution in [3.63, 3.8) is 0 Å². The van der Waals surface area contributed by atoms with Gasteiger partial charge in [-0.1, -0.05) is 19.1 Å². The molecule has 1 aromatic carbocycles. The van der Waals surface area contributed by atoms with Crippen LogP contribution in [0.25, 0.3) is 11.3 Å². The van der Waals surface area contributed by atoms with Crippen molar-refractivity contribution in [3.8, 4) is 11.3 Å². The number of hydrogen-bond donors (Lipinski definition) is 1. The summed E-state index contributed by atoms with van der Waals surface area (Å²) in [5, 5.41) is 10.9. The van der Waals surface area contributed by atoms with Crippen LogP contribution in [0.1, 0.15) is 19.2 Å². The van der Waals surface area contributed by atoms with E-state index in [1.165, 1.54) is 12.1 Å². The Labute approximate surface area is 164 Å². The normalized spacial score (nSPS) is 19.6. The summed E-state index contributed by atoms with van der Waals surface area (Å²) in [6, 6.07) is 6.39. The molecular formula is C17H24Cl2N4O3. The third-order valence-corrected chi connectivity index (χ3v) is 4.67. The quantitative estimate of drug-likeness (QED) is 0.587. The molecule has 0 amide bonds. The lowest BCUT2D eigenvalue weighted by Gasteiger charge is -2.22. The molecule has 1 aliphatic rings. The van der Waals surface area contributed by atoms with Gasteiger partial charge in [-0.2, -0.15) is 0 Å². The molecule has 9 heteroatoms. The lowest BCUT2D eigenvalue weighted by atomic mass is 9.90. The Balaban J connectivity index is 0.00000169. The van der Waals surface area contributed by atoms with Gasteiger partial charge in [-0.3, -0.25) is 10.1 Å². The summed E-state index contributed by atoms with van der Waals surface area (Å²) in [6.45, 7) is 5.86. The Morgan fingerprint density at radius 1 is 1.42 bits per heavy atom. The molecule has 1 aromatic heterocycles. The van der Waals surface area contributed by atoms with E-state index >= 15 is 0 Å². The SMILES string of the molecule is CC1(CN)CCN(CCc2ncc(-c3cccc([N+](=O)[O-])c3)o2)C1.Cl.Cl. The van der Waals surface area contributed by atoms with Crippen molar-refractivity contribution >= 4 is 30.5 Å². The Kier molecular flexibility index (Phi) is 8.02. The van der Waals surface area contributed by atoms with Crippen LogP contribution in [0.5, 0.6) is 0 Å². The zero-order valence-corrected chi connectivity index (χ0v) is 16.2. The predicted molar refractivity (Wildman–Crippen MR) is 105 cm³/mol. The minimum absolute atomic E-state index is 0. The lowest BCUT2D eigenvalue weighted by Crippen LogP contribution is -2.32. The number of rotatable bonds is 6. The highest BCUT2D eigenvalue weighted by molar-refractivity contribution is 5.85. The van der Waals surface area contributed by atoms with Gasteiger partial charge in [-0.15, -0.1) is 24.8 Å². The largest absolute Gasteiger partial charge is 0.441 e. The number of likely N-dealkylation sites (tertiary alicyclic amines) is 1. The van der Waals surface area contributed by atoms with Gasteiger partial charge < -0.3 is 15.1 Å². The first-order valence-corrected chi connectivity index (χ1v) is 8.11. The fourth-order valence-electron chi connectivity index (χ4n) is 3.07. The minimum Gasteiger partial charge on any atom is -0.441 e. The molecule has 1 fully saturated rings. The number of halogens is 2. The van der Waals surface area contributed by atoms with Crippen molar-refractivity contribution in [1.82, 2.24) is 9.88 Å². The maximum Gasteiger partial charge on any atom is 0.270 e. The first kappa shape index (κ1) is 22.4. The van der Waals surface area contributed by atoms with Crippen LogP contribution in [0.3, 0.4) is 0 Å². The molecule has 0 aliphatic carbocycles. The number of nitro groups is 1. The van der Waals surface area contributed by atoms with Crippen molar-refractivity contribution in [2.24, 2.45) is 11.1 Å².